The van der Waals surface area contributed by atoms with Gasteiger partial charge in [0.2, 0.25) is 0 Å². The summed E-state index contributed by atoms with van der Waals surface area (Å²) in [7, 11) is 1.70. The number of aromatic nitrogens is 2. The number of nitrogens with one attached hydrogen (secondary N) is 2. The van der Waals surface area contributed by atoms with Crippen LogP contribution in [0.1, 0.15) is 41.9 Å². The SMILES string of the molecule is CN(CCc1noc(-c2ccc(C(=O)NC3CCCC3)cc2)n1)C(=O)Nc1ccc(Cl)cc1. The zero-order valence-corrected chi connectivity index (χ0v) is 19.1. The molecular formula is C24H26ClN5O3. The van der Waals surface area contributed by atoms with Crippen LogP contribution in [0.15, 0.2) is 53.1 Å². The molecule has 2 aromatic carbocycles. The van der Waals surface area contributed by atoms with Gasteiger partial charge in [0.1, 0.15) is 0 Å². The minimum absolute atomic E-state index is 0.0559. The molecule has 33 heavy (non-hydrogen) atoms. The van der Waals surface area contributed by atoms with Gasteiger partial charge in [0.05, 0.1) is 0 Å². The van der Waals surface area contributed by atoms with Crippen molar-refractivity contribution in [1.82, 2.24) is 20.4 Å². The molecule has 8 nitrogen and oxygen atoms in total. The number of carbonyl (C=O) groups is 2. The normalized spacial score (nSPS) is 13.6. The molecular weight excluding hydrogens is 442 g/mol. The highest BCUT2D eigenvalue weighted by atomic mass is 35.5. The van der Waals surface area contributed by atoms with Crippen LogP contribution in [-0.2, 0) is 6.42 Å². The van der Waals surface area contributed by atoms with Crippen LogP contribution < -0.4 is 10.6 Å². The average molecular weight is 468 g/mol. The summed E-state index contributed by atoms with van der Waals surface area (Å²) in [6, 6.07) is 14.1. The van der Waals surface area contributed by atoms with Gasteiger partial charge < -0.3 is 20.1 Å². The number of anilines is 1. The summed E-state index contributed by atoms with van der Waals surface area (Å²) in [5, 5.41) is 10.5. The van der Waals surface area contributed by atoms with Gasteiger partial charge in [-0.3, -0.25) is 4.79 Å². The monoisotopic (exact) mass is 467 g/mol. The molecule has 1 heterocycles. The van der Waals surface area contributed by atoms with E-state index in [1.54, 1.807) is 60.5 Å². The fourth-order valence-corrected chi connectivity index (χ4v) is 3.82. The first-order chi connectivity index (χ1) is 16.0. The summed E-state index contributed by atoms with van der Waals surface area (Å²) < 4.78 is 5.37. The van der Waals surface area contributed by atoms with Crippen molar-refractivity contribution in [1.29, 1.82) is 0 Å². The Bertz CT molecular complexity index is 1090. The van der Waals surface area contributed by atoms with Crippen molar-refractivity contribution in [3.8, 4) is 11.5 Å². The van der Waals surface area contributed by atoms with Crippen molar-refractivity contribution in [3.63, 3.8) is 0 Å². The number of amides is 3. The molecule has 0 saturated heterocycles. The van der Waals surface area contributed by atoms with Gasteiger partial charge in [-0.2, -0.15) is 4.98 Å². The van der Waals surface area contributed by atoms with Gasteiger partial charge in [-0.25, -0.2) is 4.79 Å². The second-order valence-electron chi connectivity index (χ2n) is 8.16. The van der Waals surface area contributed by atoms with Gasteiger partial charge in [-0.1, -0.05) is 29.6 Å². The van der Waals surface area contributed by atoms with Gasteiger partial charge in [0.25, 0.3) is 11.8 Å². The Morgan fingerprint density at radius 2 is 1.79 bits per heavy atom. The zero-order chi connectivity index (χ0) is 23.2. The number of carbonyl (C=O) groups excluding carboxylic acids is 2. The van der Waals surface area contributed by atoms with Crippen molar-refractivity contribution in [2.75, 3.05) is 18.9 Å². The van der Waals surface area contributed by atoms with E-state index in [1.165, 1.54) is 12.8 Å². The Balaban J connectivity index is 1.28. The van der Waals surface area contributed by atoms with E-state index >= 15 is 0 Å². The predicted molar refractivity (Wildman–Crippen MR) is 126 cm³/mol. The first-order valence-electron chi connectivity index (χ1n) is 11.0. The highest BCUT2D eigenvalue weighted by Gasteiger charge is 2.18. The second-order valence-corrected chi connectivity index (χ2v) is 8.59. The van der Waals surface area contributed by atoms with Crippen LogP contribution in [0.2, 0.25) is 5.02 Å². The molecule has 0 radical (unpaired) electrons. The fourth-order valence-electron chi connectivity index (χ4n) is 3.70. The lowest BCUT2D eigenvalue weighted by Gasteiger charge is -2.17. The van der Waals surface area contributed by atoms with E-state index in [9.17, 15) is 9.59 Å². The van der Waals surface area contributed by atoms with E-state index < -0.39 is 0 Å². The van der Waals surface area contributed by atoms with Gasteiger partial charge in [0, 0.05) is 47.9 Å². The Hall–Kier alpha value is -3.39. The van der Waals surface area contributed by atoms with Crippen LogP contribution in [0, 0.1) is 0 Å². The highest BCUT2D eigenvalue weighted by molar-refractivity contribution is 6.30. The molecule has 3 aromatic rings. The van der Waals surface area contributed by atoms with Crippen molar-refractivity contribution in [2.24, 2.45) is 0 Å². The van der Waals surface area contributed by atoms with Gasteiger partial charge in [0.15, 0.2) is 5.82 Å². The number of urea groups is 1. The number of rotatable bonds is 7. The molecule has 1 saturated carbocycles. The minimum Gasteiger partial charge on any atom is -0.349 e. The maximum Gasteiger partial charge on any atom is 0.321 e. The maximum absolute atomic E-state index is 12.4. The summed E-state index contributed by atoms with van der Waals surface area (Å²) in [4.78, 5) is 30.7. The summed E-state index contributed by atoms with van der Waals surface area (Å²) in [5.41, 5.74) is 2.01. The van der Waals surface area contributed by atoms with E-state index in [-0.39, 0.29) is 18.0 Å². The number of nitrogens with zero attached hydrogens (tertiary/aromatic N) is 3. The van der Waals surface area contributed by atoms with Crippen molar-refractivity contribution < 1.29 is 14.1 Å². The Labute approximate surface area is 197 Å². The smallest absolute Gasteiger partial charge is 0.321 e. The first kappa shape index (κ1) is 22.8. The number of likely N-dealkylation sites (N-methyl/N-ethyl adjacent to an activating group) is 1. The molecule has 2 N–H and O–H groups in total. The standard InChI is InChI=1S/C24H26ClN5O3/c1-30(24(32)27-20-12-10-18(25)11-13-20)15-14-21-28-23(33-29-21)17-8-6-16(7-9-17)22(31)26-19-4-2-3-5-19/h6-13,19H,2-5,14-15H2,1H3,(H,26,31)(H,27,32). The van der Waals surface area contributed by atoms with Gasteiger partial charge in [-0.05, 0) is 61.4 Å². The van der Waals surface area contributed by atoms with Crippen molar-refractivity contribution in [3.05, 3.63) is 64.9 Å². The molecule has 4 rings (SSSR count). The van der Waals surface area contributed by atoms with Crippen molar-refractivity contribution >= 4 is 29.2 Å². The molecule has 0 spiro atoms. The molecule has 1 aliphatic carbocycles. The van der Waals surface area contributed by atoms with Gasteiger partial charge >= 0.3 is 6.03 Å². The molecule has 0 bridgehead atoms. The van der Waals surface area contributed by atoms with Crippen LogP contribution in [-0.4, -0.2) is 46.6 Å². The average Bonchev–Trinajstić information content (AvgIpc) is 3.51. The van der Waals surface area contributed by atoms with E-state index in [0.717, 1.165) is 18.4 Å². The molecule has 1 fully saturated rings. The first-order valence-corrected chi connectivity index (χ1v) is 11.4. The molecule has 0 atom stereocenters. The Kier molecular flexibility index (Phi) is 7.24. The molecule has 0 unspecified atom stereocenters. The molecule has 1 aliphatic rings. The van der Waals surface area contributed by atoms with Crippen LogP contribution >= 0.6 is 11.6 Å². The minimum atomic E-state index is -0.243. The molecule has 172 valence electrons. The number of halogens is 1. The summed E-state index contributed by atoms with van der Waals surface area (Å²) in [5.74, 6) is 0.819. The zero-order valence-electron chi connectivity index (χ0n) is 18.4. The molecule has 3 amide bonds. The lowest BCUT2D eigenvalue weighted by Crippen LogP contribution is -2.33. The second kappa shape index (κ2) is 10.5. The number of benzene rings is 2. The Morgan fingerprint density at radius 1 is 1.09 bits per heavy atom. The number of hydrogen-bond acceptors (Lipinski definition) is 5. The van der Waals surface area contributed by atoms with E-state index in [2.05, 4.69) is 20.8 Å². The summed E-state index contributed by atoms with van der Waals surface area (Å²) >= 11 is 5.86. The van der Waals surface area contributed by atoms with Crippen LogP contribution in [0.4, 0.5) is 10.5 Å². The van der Waals surface area contributed by atoms with Crippen LogP contribution in [0.3, 0.4) is 0 Å². The molecule has 0 aliphatic heterocycles. The van der Waals surface area contributed by atoms with E-state index in [0.29, 0.717) is 41.0 Å². The Morgan fingerprint density at radius 3 is 2.48 bits per heavy atom. The highest BCUT2D eigenvalue weighted by Crippen LogP contribution is 2.20. The number of hydrogen-bond donors (Lipinski definition) is 2. The largest absolute Gasteiger partial charge is 0.349 e. The van der Waals surface area contributed by atoms with E-state index in [4.69, 9.17) is 16.1 Å². The molecule has 9 heteroatoms. The fraction of sp³-hybridized carbons (Fsp3) is 0.333. The van der Waals surface area contributed by atoms with Crippen molar-refractivity contribution in [2.45, 2.75) is 38.1 Å². The van der Waals surface area contributed by atoms with Gasteiger partial charge in [-0.15, -0.1) is 0 Å². The quantitative estimate of drug-likeness (QED) is 0.521. The third-order valence-electron chi connectivity index (χ3n) is 5.67. The topological polar surface area (TPSA) is 100 Å². The lowest BCUT2D eigenvalue weighted by atomic mass is 10.1. The summed E-state index contributed by atoms with van der Waals surface area (Å²) in [6.45, 7) is 0.415. The predicted octanol–water partition coefficient (Wildman–Crippen LogP) is 4.77. The maximum atomic E-state index is 12.4. The summed E-state index contributed by atoms with van der Waals surface area (Å²) in [6.07, 6.45) is 4.88. The van der Waals surface area contributed by atoms with Crippen LogP contribution in [0.25, 0.3) is 11.5 Å². The molecule has 1 aromatic heterocycles. The lowest BCUT2D eigenvalue weighted by molar-refractivity contribution is 0.0938. The third kappa shape index (κ3) is 6.10. The van der Waals surface area contributed by atoms with Crippen LogP contribution in [0.5, 0.6) is 0 Å². The van der Waals surface area contributed by atoms with E-state index in [1.807, 2.05) is 0 Å². The third-order valence-corrected chi connectivity index (χ3v) is 5.92.